The van der Waals surface area contributed by atoms with E-state index in [4.69, 9.17) is 0 Å². The van der Waals surface area contributed by atoms with Gasteiger partial charge in [0, 0.05) is 6.42 Å². The van der Waals surface area contributed by atoms with Gasteiger partial charge >= 0.3 is 0 Å². The van der Waals surface area contributed by atoms with Gasteiger partial charge in [0.05, 0.1) is 0 Å². The predicted molar refractivity (Wildman–Crippen MR) is 66.3 cm³/mol. The van der Waals surface area contributed by atoms with Crippen LogP contribution in [0.1, 0.15) is 32.3 Å². The highest BCUT2D eigenvalue weighted by Gasteiger charge is 2.30. The van der Waals surface area contributed by atoms with E-state index in [9.17, 15) is 4.79 Å². The van der Waals surface area contributed by atoms with Crippen molar-refractivity contribution in [3.63, 3.8) is 0 Å². The summed E-state index contributed by atoms with van der Waals surface area (Å²) in [7, 11) is 0. The van der Waals surface area contributed by atoms with Crippen LogP contribution in [0.4, 0.5) is 0 Å². The molecule has 1 aliphatic carbocycles. The molecule has 1 heteroatoms. The predicted octanol–water partition coefficient (Wildman–Crippen LogP) is 3.54. The fraction of sp³-hybridized carbons (Fsp3) is 0.400. The lowest BCUT2D eigenvalue weighted by Gasteiger charge is -2.33. The van der Waals surface area contributed by atoms with Crippen molar-refractivity contribution in [1.82, 2.24) is 0 Å². The first-order valence-electron chi connectivity index (χ1n) is 5.86. The van der Waals surface area contributed by atoms with Crippen LogP contribution < -0.4 is 0 Å². The number of carbonyl (C=O) groups is 1. The minimum atomic E-state index is 0.162. The minimum Gasteiger partial charge on any atom is -0.295 e. The highest BCUT2D eigenvalue weighted by atomic mass is 16.1. The molecule has 0 aromatic heterocycles. The first kappa shape index (κ1) is 11.1. The molecular weight excluding hydrogens is 196 g/mol. The van der Waals surface area contributed by atoms with Crippen molar-refractivity contribution >= 4 is 5.78 Å². The zero-order valence-corrected chi connectivity index (χ0v) is 9.99. The molecule has 1 aliphatic rings. The molecular formula is C15H18O. The van der Waals surface area contributed by atoms with E-state index in [-0.39, 0.29) is 11.2 Å². The van der Waals surface area contributed by atoms with Crippen LogP contribution in [-0.4, -0.2) is 5.78 Å². The molecule has 0 unspecified atom stereocenters. The molecule has 16 heavy (non-hydrogen) atoms. The largest absolute Gasteiger partial charge is 0.295 e. The fourth-order valence-electron chi connectivity index (χ4n) is 2.36. The second-order valence-corrected chi connectivity index (χ2v) is 5.02. The molecule has 0 bridgehead atoms. The van der Waals surface area contributed by atoms with Gasteiger partial charge in [0.1, 0.15) is 0 Å². The van der Waals surface area contributed by atoms with Crippen LogP contribution >= 0.6 is 0 Å². The maximum Gasteiger partial charge on any atom is 0.155 e. The zero-order chi connectivity index (χ0) is 11.6. The number of benzene rings is 1. The molecule has 84 valence electrons. The van der Waals surface area contributed by atoms with Gasteiger partial charge in [-0.05, 0) is 36.8 Å². The summed E-state index contributed by atoms with van der Waals surface area (Å²) in [6.07, 6.45) is 4.53. The summed E-state index contributed by atoms with van der Waals surface area (Å²) in [4.78, 5) is 11.3. The van der Waals surface area contributed by atoms with Crippen LogP contribution in [0.5, 0.6) is 0 Å². The zero-order valence-electron chi connectivity index (χ0n) is 9.99. The highest BCUT2D eigenvalue weighted by molar-refractivity contribution is 5.91. The number of hydrogen-bond acceptors (Lipinski definition) is 1. The monoisotopic (exact) mass is 214 g/mol. The molecule has 0 amide bonds. The molecule has 0 radical (unpaired) electrons. The van der Waals surface area contributed by atoms with E-state index >= 15 is 0 Å². The standard InChI is InChI=1S/C15H18O/c1-12-10-14(16)8-9-15(12,2)11-13-6-4-3-5-7-13/h3-7,10H,8-9,11H2,1-2H3/t15-/m1/s1. The first-order chi connectivity index (χ1) is 7.60. The van der Waals surface area contributed by atoms with Crippen LogP contribution in [0, 0.1) is 5.41 Å². The lowest BCUT2D eigenvalue weighted by molar-refractivity contribution is -0.115. The Bertz CT molecular complexity index is 416. The van der Waals surface area contributed by atoms with Gasteiger partial charge < -0.3 is 0 Å². The normalized spacial score (nSPS) is 25.4. The van der Waals surface area contributed by atoms with Crippen molar-refractivity contribution < 1.29 is 4.79 Å². The van der Waals surface area contributed by atoms with Crippen molar-refractivity contribution in [2.75, 3.05) is 0 Å². The Kier molecular flexibility index (Phi) is 2.95. The molecule has 0 fully saturated rings. The summed E-state index contributed by atoms with van der Waals surface area (Å²) < 4.78 is 0. The van der Waals surface area contributed by atoms with E-state index in [0.29, 0.717) is 6.42 Å². The summed E-state index contributed by atoms with van der Waals surface area (Å²) >= 11 is 0. The third kappa shape index (κ3) is 2.24. The fourth-order valence-corrected chi connectivity index (χ4v) is 2.36. The van der Waals surface area contributed by atoms with Gasteiger partial charge in [-0.3, -0.25) is 4.79 Å². The van der Waals surface area contributed by atoms with Crippen LogP contribution in [-0.2, 0) is 11.2 Å². The maximum atomic E-state index is 11.3. The Morgan fingerprint density at radius 2 is 1.94 bits per heavy atom. The Morgan fingerprint density at radius 1 is 1.25 bits per heavy atom. The van der Waals surface area contributed by atoms with Crippen molar-refractivity contribution in [3.05, 3.63) is 47.5 Å². The molecule has 1 nitrogen and oxygen atoms in total. The smallest absolute Gasteiger partial charge is 0.155 e. The van der Waals surface area contributed by atoms with Crippen molar-refractivity contribution in [2.45, 2.75) is 33.1 Å². The minimum absolute atomic E-state index is 0.162. The molecule has 1 aromatic carbocycles. The van der Waals surface area contributed by atoms with Crippen molar-refractivity contribution in [3.8, 4) is 0 Å². The average molecular weight is 214 g/mol. The van der Waals surface area contributed by atoms with Crippen LogP contribution in [0.25, 0.3) is 0 Å². The topological polar surface area (TPSA) is 17.1 Å². The number of allylic oxidation sites excluding steroid dienone is 2. The number of carbonyl (C=O) groups excluding carboxylic acids is 1. The quantitative estimate of drug-likeness (QED) is 0.736. The van der Waals surface area contributed by atoms with Crippen LogP contribution in [0.3, 0.4) is 0 Å². The van der Waals surface area contributed by atoms with E-state index in [1.807, 2.05) is 12.1 Å². The molecule has 0 heterocycles. The molecule has 0 saturated carbocycles. The summed E-state index contributed by atoms with van der Waals surface area (Å²) in [5, 5.41) is 0. The lowest BCUT2D eigenvalue weighted by Crippen LogP contribution is -2.26. The third-order valence-corrected chi connectivity index (χ3v) is 3.69. The number of rotatable bonds is 2. The third-order valence-electron chi connectivity index (χ3n) is 3.69. The Balaban J connectivity index is 2.21. The van der Waals surface area contributed by atoms with Gasteiger partial charge in [-0.2, -0.15) is 0 Å². The second-order valence-electron chi connectivity index (χ2n) is 5.02. The Morgan fingerprint density at radius 3 is 2.56 bits per heavy atom. The van der Waals surface area contributed by atoms with Crippen molar-refractivity contribution in [1.29, 1.82) is 0 Å². The van der Waals surface area contributed by atoms with E-state index in [1.54, 1.807) is 0 Å². The average Bonchev–Trinajstić information content (AvgIpc) is 2.26. The Labute approximate surface area is 97.2 Å². The van der Waals surface area contributed by atoms with E-state index < -0.39 is 0 Å². The molecule has 0 N–H and O–H groups in total. The molecule has 0 spiro atoms. The van der Waals surface area contributed by atoms with Gasteiger partial charge in [0.25, 0.3) is 0 Å². The summed E-state index contributed by atoms with van der Waals surface area (Å²) in [5.74, 6) is 0.281. The summed E-state index contributed by atoms with van der Waals surface area (Å²) in [5.41, 5.74) is 2.75. The number of hydrogen-bond donors (Lipinski definition) is 0. The first-order valence-corrected chi connectivity index (χ1v) is 5.86. The van der Waals surface area contributed by atoms with E-state index in [1.165, 1.54) is 11.1 Å². The molecule has 1 atom stereocenters. The van der Waals surface area contributed by atoms with Gasteiger partial charge in [0.15, 0.2) is 5.78 Å². The summed E-state index contributed by atoms with van der Waals surface area (Å²) in [6, 6.07) is 10.5. The van der Waals surface area contributed by atoms with Gasteiger partial charge in [0.2, 0.25) is 0 Å². The molecule has 2 rings (SSSR count). The summed E-state index contributed by atoms with van der Waals surface area (Å²) in [6.45, 7) is 4.35. The maximum absolute atomic E-state index is 11.3. The molecule has 0 aliphatic heterocycles. The number of ketones is 1. The van der Waals surface area contributed by atoms with Crippen LogP contribution in [0.15, 0.2) is 42.0 Å². The van der Waals surface area contributed by atoms with Crippen molar-refractivity contribution in [2.24, 2.45) is 5.41 Å². The second kappa shape index (κ2) is 4.25. The van der Waals surface area contributed by atoms with Gasteiger partial charge in [-0.15, -0.1) is 0 Å². The Hall–Kier alpha value is -1.37. The van der Waals surface area contributed by atoms with Gasteiger partial charge in [-0.1, -0.05) is 42.8 Å². The highest BCUT2D eigenvalue weighted by Crippen LogP contribution is 2.38. The van der Waals surface area contributed by atoms with Gasteiger partial charge in [-0.25, -0.2) is 0 Å². The van der Waals surface area contributed by atoms with Crippen LogP contribution in [0.2, 0.25) is 0 Å². The SMILES string of the molecule is CC1=CC(=O)CC[C@]1(C)Cc1ccccc1. The lowest BCUT2D eigenvalue weighted by atomic mass is 9.71. The molecule has 0 saturated heterocycles. The van der Waals surface area contributed by atoms with E-state index in [2.05, 4.69) is 38.1 Å². The molecule has 1 aromatic rings. The van der Waals surface area contributed by atoms with E-state index in [0.717, 1.165) is 12.8 Å².